The van der Waals surface area contributed by atoms with Crippen molar-refractivity contribution in [1.29, 1.82) is 0 Å². The van der Waals surface area contributed by atoms with Gasteiger partial charge >= 0.3 is 5.97 Å². The van der Waals surface area contributed by atoms with Crippen LogP contribution in [0.1, 0.15) is 6.92 Å². The number of rotatable bonds is 3. The maximum Gasteiger partial charge on any atom is 0.309 e. The van der Waals surface area contributed by atoms with Crippen LogP contribution in [0.4, 0.5) is 0 Å². The summed E-state index contributed by atoms with van der Waals surface area (Å²) in [6.07, 6.45) is 0. The van der Waals surface area contributed by atoms with E-state index in [9.17, 15) is 9.59 Å². The summed E-state index contributed by atoms with van der Waals surface area (Å²) in [6.45, 7) is 1.28. The van der Waals surface area contributed by atoms with Gasteiger partial charge in [-0.1, -0.05) is 60.7 Å². The molecule has 26 heavy (non-hydrogen) atoms. The molecular weight excluding hydrogens is 332 g/mol. The standard InChI is InChI=1S/C20H14N2O4/c1-13(23)25-19-18(15-10-6-3-7-11-15)20-22(21-19)17(24)12-16(26-20)14-8-4-2-5-9-14/h2-12H,1H3. The molecule has 6 heteroatoms. The Kier molecular flexibility index (Phi) is 3.85. The second-order valence-corrected chi connectivity index (χ2v) is 5.67. The topological polar surface area (TPSA) is 73.8 Å². The van der Waals surface area contributed by atoms with Crippen LogP contribution in [-0.2, 0) is 4.79 Å². The van der Waals surface area contributed by atoms with E-state index in [0.717, 1.165) is 15.6 Å². The van der Waals surface area contributed by atoms with Gasteiger partial charge in [0, 0.05) is 18.6 Å². The lowest BCUT2D eigenvalue weighted by Gasteiger charge is -2.04. The fourth-order valence-electron chi connectivity index (χ4n) is 2.74. The first kappa shape index (κ1) is 15.8. The van der Waals surface area contributed by atoms with E-state index < -0.39 is 5.97 Å². The highest BCUT2D eigenvalue weighted by atomic mass is 16.5. The van der Waals surface area contributed by atoms with E-state index >= 15 is 0 Å². The van der Waals surface area contributed by atoms with Gasteiger partial charge in [0.25, 0.3) is 11.4 Å². The molecule has 0 radical (unpaired) electrons. The lowest BCUT2D eigenvalue weighted by molar-refractivity contribution is -0.132. The van der Waals surface area contributed by atoms with Crippen LogP contribution in [0.5, 0.6) is 5.88 Å². The highest BCUT2D eigenvalue weighted by Crippen LogP contribution is 2.34. The zero-order chi connectivity index (χ0) is 18.1. The number of hydrogen-bond acceptors (Lipinski definition) is 5. The van der Waals surface area contributed by atoms with Gasteiger partial charge in [-0.05, 0) is 5.56 Å². The van der Waals surface area contributed by atoms with Crippen LogP contribution in [-0.4, -0.2) is 15.6 Å². The summed E-state index contributed by atoms with van der Waals surface area (Å²) in [5, 5.41) is 4.13. The SMILES string of the molecule is CC(=O)Oc1nn2c(=O)cc(-c3ccccc3)oc2c1-c1ccccc1. The quantitative estimate of drug-likeness (QED) is 0.530. The van der Waals surface area contributed by atoms with E-state index in [-0.39, 0.29) is 17.2 Å². The number of ether oxygens (including phenoxy) is 1. The Labute approximate surface area is 148 Å². The molecule has 4 aromatic rings. The van der Waals surface area contributed by atoms with Crippen molar-refractivity contribution < 1.29 is 13.9 Å². The highest BCUT2D eigenvalue weighted by molar-refractivity contribution is 5.84. The third-order valence-electron chi connectivity index (χ3n) is 3.84. The monoisotopic (exact) mass is 346 g/mol. The number of fused-ring (bicyclic) bond motifs is 1. The van der Waals surface area contributed by atoms with Crippen LogP contribution in [0.25, 0.3) is 28.2 Å². The Morgan fingerprint density at radius 3 is 2.23 bits per heavy atom. The predicted octanol–water partition coefficient (Wildman–Crippen LogP) is 3.55. The molecule has 2 aromatic heterocycles. The molecule has 128 valence electrons. The fourth-order valence-corrected chi connectivity index (χ4v) is 2.74. The third kappa shape index (κ3) is 2.77. The summed E-state index contributed by atoms with van der Waals surface area (Å²) in [7, 11) is 0. The summed E-state index contributed by atoms with van der Waals surface area (Å²) in [5.74, 6) is -0.0781. The van der Waals surface area contributed by atoms with Gasteiger partial charge in [0.2, 0.25) is 5.71 Å². The molecule has 0 bridgehead atoms. The molecule has 0 saturated heterocycles. The van der Waals surface area contributed by atoms with Crippen LogP contribution in [0.15, 0.2) is 75.9 Å². The molecule has 4 rings (SSSR count). The van der Waals surface area contributed by atoms with Crippen molar-refractivity contribution in [2.75, 3.05) is 0 Å². The Morgan fingerprint density at radius 1 is 1.00 bits per heavy atom. The molecule has 0 N–H and O–H groups in total. The Balaban J connectivity index is 2.03. The summed E-state index contributed by atoms with van der Waals surface area (Å²) in [4.78, 5) is 24.0. The van der Waals surface area contributed by atoms with E-state index in [4.69, 9.17) is 9.15 Å². The van der Waals surface area contributed by atoms with Crippen molar-refractivity contribution in [1.82, 2.24) is 9.61 Å². The number of hydrogen-bond donors (Lipinski definition) is 0. The predicted molar refractivity (Wildman–Crippen MR) is 95.9 cm³/mol. The third-order valence-corrected chi connectivity index (χ3v) is 3.84. The first-order chi connectivity index (χ1) is 12.6. The lowest BCUT2D eigenvalue weighted by atomic mass is 10.1. The van der Waals surface area contributed by atoms with Gasteiger partial charge in [0.15, 0.2) is 0 Å². The molecule has 0 aliphatic carbocycles. The molecule has 0 aliphatic heterocycles. The molecule has 0 unspecified atom stereocenters. The van der Waals surface area contributed by atoms with Crippen LogP contribution < -0.4 is 10.3 Å². The Hall–Kier alpha value is -3.67. The van der Waals surface area contributed by atoms with E-state index in [2.05, 4.69) is 5.10 Å². The minimum atomic E-state index is -0.527. The number of nitrogens with zero attached hydrogens (tertiary/aromatic N) is 2. The lowest BCUT2D eigenvalue weighted by Crippen LogP contribution is -2.13. The molecule has 0 saturated carbocycles. The molecule has 0 amide bonds. The normalized spacial score (nSPS) is 10.8. The number of esters is 1. The average molecular weight is 346 g/mol. The first-order valence-electron chi connectivity index (χ1n) is 7.99. The zero-order valence-electron chi connectivity index (χ0n) is 13.9. The van der Waals surface area contributed by atoms with Gasteiger partial charge in [-0.2, -0.15) is 4.52 Å². The maximum atomic E-state index is 12.6. The van der Waals surface area contributed by atoms with Crippen molar-refractivity contribution in [2.45, 2.75) is 6.92 Å². The van der Waals surface area contributed by atoms with Crippen LogP contribution in [0.3, 0.4) is 0 Å². The minimum Gasteiger partial charge on any atom is -0.437 e. The van der Waals surface area contributed by atoms with Crippen molar-refractivity contribution in [2.24, 2.45) is 0 Å². The summed E-state index contributed by atoms with van der Waals surface area (Å²) >= 11 is 0. The van der Waals surface area contributed by atoms with E-state index in [0.29, 0.717) is 11.3 Å². The van der Waals surface area contributed by atoms with Gasteiger partial charge in [-0.15, -0.1) is 5.10 Å². The molecule has 0 aliphatic rings. The van der Waals surface area contributed by atoms with E-state index in [1.165, 1.54) is 13.0 Å². The summed E-state index contributed by atoms with van der Waals surface area (Å²) in [6, 6.07) is 19.9. The van der Waals surface area contributed by atoms with Crippen LogP contribution in [0, 0.1) is 0 Å². The van der Waals surface area contributed by atoms with Gasteiger partial charge in [-0.25, -0.2) is 0 Å². The second kappa shape index (κ2) is 6.33. The van der Waals surface area contributed by atoms with E-state index in [1.54, 1.807) is 0 Å². The minimum absolute atomic E-state index is 0.0368. The van der Waals surface area contributed by atoms with Crippen molar-refractivity contribution in [3.05, 3.63) is 77.1 Å². The van der Waals surface area contributed by atoms with Gasteiger partial charge in [0.1, 0.15) is 11.3 Å². The van der Waals surface area contributed by atoms with Crippen LogP contribution >= 0.6 is 0 Å². The van der Waals surface area contributed by atoms with E-state index in [1.807, 2.05) is 60.7 Å². The largest absolute Gasteiger partial charge is 0.437 e. The molecule has 2 aromatic carbocycles. The number of aromatic nitrogens is 2. The molecule has 6 nitrogen and oxygen atoms in total. The highest BCUT2D eigenvalue weighted by Gasteiger charge is 2.22. The van der Waals surface area contributed by atoms with Crippen LogP contribution in [0.2, 0.25) is 0 Å². The summed E-state index contributed by atoms with van der Waals surface area (Å²) in [5.41, 5.74) is 1.80. The number of carbonyl (C=O) groups excluding carboxylic acids is 1. The maximum absolute atomic E-state index is 12.6. The Bertz CT molecular complexity index is 1150. The number of carbonyl (C=O) groups is 1. The summed E-state index contributed by atoms with van der Waals surface area (Å²) < 4.78 is 12.3. The van der Waals surface area contributed by atoms with Crippen molar-refractivity contribution >= 4 is 11.7 Å². The molecule has 0 fully saturated rings. The van der Waals surface area contributed by atoms with Crippen molar-refractivity contribution in [3.63, 3.8) is 0 Å². The molecule has 0 spiro atoms. The Morgan fingerprint density at radius 2 is 1.62 bits per heavy atom. The average Bonchev–Trinajstić information content (AvgIpc) is 3.01. The van der Waals surface area contributed by atoms with Gasteiger partial charge < -0.3 is 9.15 Å². The first-order valence-corrected chi connectivity index (χ1v) is 7.99. The molecule has 0 atom stereocenters. The zero-order valence-corrected chi connectivity index (χ0v) is 13.9. The number of benzene rings is 2. The van der Waals surface area contributed by atoms with Crippen molar-refractivity contribution in [3.8, 4) is 28.3 Å². The molecular formula is C20H14N2O4. The van der Waals surface area contributed by atoms with Gasteiger partial charge in [0.05, 0.1) is 0 Å². The smallest absolute Gasteiger partial charge is 0.309 e. The fraction of sp³-hybridized carbons (Fsp3) is 0.0500. The molecule has 2 heterocycles. The second-order valence-electron chi connectivity index (χ2n) is 5.67. The van der Waals surface area contributed by atoms with Gasteiger partial charge in [-0.3, -0.25) is 9.59 Å².